The van der Waals surface area contributed by atoms with Gasteiger partial charge in [0.25, 0.3) is 0 Å². The maximum absolute atomic E-state index is 13.2. The molecule has 8 nitrogen and oxygen atoms in total. The van der Waals surface area contributed by atoms with Gasteiger partial charge in [0.2, 0.25) is 15.9 Å². The summed E-state index contributed by atoms with van der Waals surface area (Å²) in [6.45, 7) is 6.84. The fraction of sp³-hybridized carbons (Fsp3) is 0.583. The van der Waals surface area contributed by atoms with E-state index in [-0.39, 0.29) is 23.7 Å². The normalized spacial score (nSPS) is 19.2. The zero-order chi connectivity index (χ0) is 23.6. The summed E-state index contributed by atoms with van der Waals surface area (Å²) in [6, 6.07) is 7.21. The van der Waals surface area contributed by atoms with Gasteiger partial charge >= 0.3 is 5.97 Å². The summed E-state index contributed by atoms with van der Waals surface area (Å²) < 4.78 is 35.1. The fourth-order valence-corrected chi connectivity index (χ4v) is 6.47. The molecule has 0 radical (unpaired) electrons. The quantitative estimate of drug-likeness (QED) is 0.600. The average Bonchev–Trinajstić information content (AvgIpc) is 3.26. The van der Waals surface area contributed by atoms with Crippen molar-refractivity contribution in [1.82, 2.24) is 13.8 Å². The molecule has 0 bridgehead atoms. The van der Waals surface area contributed by atoms with Gasteiger partial charge in [0.1, 0.15) is 0 Å². The lowest BCUT2D eigenvalue weighted by Crippen LogP contribution is -2.47. The van der Waals surface area contributed by atoms with Crippen molar-refractivity contribution in [2.24, 2.45) is 11.8 Å². The maximum atomic E-state index is 13.2. The molecule has 0 atom stereocenters. The van der Waals surface area contributed by atoms with Crippen molar-refractivity contribution in [3.8, 4) is 0 Å². The minimum atomic E-state index is -3.60. The SMILES string of the molecule is CCOC(=O)C1CCN(C(=O)C2CCN(S(=O)(=O)c3ccc4c(ccn4CC)c3)CC2)CC1. The molecule has 9 heteroatoms. The molecule has 2 aromatic rings. The molecule has 1 aromatic carbocycles. The van der Waals surface area contributed by atoms with Crippen molar-refractivity contribution in [3.63, 3.8) is 0 Å². The Morgan fingerprint density at radius 1 is 0.970 bits per heavy atom. The first-order chi connectivity index (χ1) is 15.8. The lowest BCUT2D eigenvalue weighted by atomic mass is 9.92. The number of rotatable bonds is 6. The smallest absolute Gasteiger partial charge is 0.309 e. The number of carbonyl (C=O) groups is 2. The van der Waals surface area contributed by atoms with Crippen LogP contribution in [0.5, 0.6) is 0 Å². The highest BCUT2D eigenvalue weighted by Gasteiger charge is 2.36. The Labute approximate surface area is 195 Å². The number of likely N-dealkylation sites (tertiary alicyclic amines) is 1. The van der Waals surface area contributed by atoms with Gasteiger partial charge in [-0.3, -0.25) is 9.59 Å². The Bertz CT molecular complexity index is 1110. The highest BCUT2D eigenvalue weighted by atomic mass is 32.2. The van der Waals surface area contributed by atoms with Gasteiger partial charge in [0.05, 0.1) is 17.4 Å². The number of benzene rings is 1. The first kappa shape index (κ1) is 23.8. The molecule has 0 N–H and O–H groups in total. The van der Waals surface area contributed by atoms with Crippen LogP contribution in [0.15, 0.2) is 35.4 Å². The number of hydrogen-bond acceptors (Lipinski definition) is 5. The molecule has 2 aliphatic heterocycles. The molecule has 3 heterocycles. The van der Waals surface area contributed by atoms with Crippen LogP contribution < -0.4 is 0 Å². The van der Waals surface area contributed by atoms with Crippen molar-refractivity contribution >= 4 is 32.8 Å². The van der Waals surface area contributed by atoms with Crippen LogP contribution in [0, 0.1) is 11.8 Å². The van der Waals surface area contributed by atoms with E-state index in [1.54, 1.807) is 19.1 Å². The second-order valence-electron chi connectivity index (χ2n) is 8.85. The van der Waals surface area contributed by atoms with Crippen LogP contribution in [-0.4, -0.2) is 66.9 Å². The summed E-state index contributed by atoms with van der Waals surface area (Å²) in [6.07, 6.45) is 4.25. The monoisotopic (exact) mass is 475 g/mol. The molecule has 2 saturated heterocycles. The molecule has 0 unspecified atom stereocenters. The summed E-state index contributed by atoms with van der Waals surface area (Å²) in [5, 5.41) is 0.911. The van der Waals surface area contributed by atoms with Crippen LogP contribution in [0.1, 0.15) is 39.5 Å². The Morgan fingerprint density at radius 2 is 1.64 bits per heavy atom. The van der Waals surface area contributed by atoms with Crippen LogP contribution in [-0.2, 0) is 30.9 Å². The molecule has 1 aromatic heterocycles. The second-order valence-corrected chi connectivity index (χ2v) is 10.8. The van der Waals surface area contributed by atoms with Gasteiger partial charge < -0.3 is 14.2 Å². The lowest BCUT2D eigenvalue weighted by Gasteiger charge is -2.36. The van der Waals surface area contributed by atoms with E-state index in [0.717, 1.165) is 17.4 Å². The molecule has 0 spiro atoms. The van der Waals surface area contributed by atoms with E-state index in [4.69, 9.17) is 4.74 Å². The third-order valence-corrected chi connectivity index (χ3v) is 8.85. The molecule has 4 rings (SSSR count). The Balaban J connectivity index is 1.34. The summed E-state index contributed by atoms with van der Waals surface area (Å²) in [5.74, 6) is -0.395. The third kappa shape index (κ3) is 4.80. The van der Waals surface area contributed by atoms with Crippen LogP contribution in [0.3, 0.4) is 0 Å². The molecule has 0 saturated carbocycles. The minimum absolute atomic E-state index is 0.0803. The lowest BCUT2D eigenvalue weighted by molar-refractivity contribution is -0.152. The Hall–Kier alpha value is -2.39. The predicted octanol–water partition coefficient (Wildman–Crippen LogP) is 2.86. The van der Waals surface area contributed by atoms with Gasteiger partial charge in [0.15, 0.2) is 0 Å². The summed E-state index contributed by atoms with van der Waals surface area (Å²) in [5.41, 5.74) is 1.02. The van der Waals surface area contributed by atoms with Gasteiger partial charge in [-0.05, 0) is 63.8 Å². The molecular weight excluding hydrogens is 442 g/mol. The number of carbonyl (C=O) groups excluding carboxylic acids is 2. The first-order valence-corrected chi connectivity index (χ1v) is 13.3. The number of esters is 1. The summed E-state index contributed by atoms with van der Waals surface area (Å²) in [7, 11) is -3.60. The van der Waals surface area contributed by atoms with Crippen LogP contribution in [0.4, 0.5) is 0 Å². The number of piperidine rings is 2. The number of aryl methyl sites for hydroxylation is 1. The fourth-order valence-electron chi connectivity index (χ4n) is 4.96. The predicted molar refractivity (Wildman–Crippen MR) is 125 cm³/mol. The molecular formula is C24H33N3O5S. The number of ether oxygens (including phenoxy) is 1. The van der Waals surface area contributed by atoms with Gasteiger partial charge in [0, 0.05) is 55.7 Å². The van der Waals surface area contributed by atoms with Crippen molar-refractivity contribution in [3.05, 3.63) is 30.5 Å². The zero-order valence-electron chi connectivity index (χ0n) is 19.4. The zero-order valence-corrected chi connectivity index (χ0v) is 20.2. The number of fused-ring (bicyclic) bond motifs is 1. The van der Waals surface area contributed by atoms with Gasteiger partial charge in [-0.2, -0.15) is 4.31 Å². The van der Waals surface area contributed by atoms with E-state index in [0.29, 0.717) is 63.4 Å². The topological polar surface area (TPSA) is 88.9 Å². The summed E-state index contributed by atoms with van der Waals surface area (Å²) in [4.78, 5) is 27.1. The van der Waals surface area contributed by atoms with Crippen LogP contribution >= 0.6 is 0 Å². The highest BCUT2D eigenvalue weighted by Crippen LogP contribution is 2.29. The van der Waals surface area contributed by atoms with Crippen LogP contribution in [0.25, 0.3) is 10.9 Å². The molecule has 2 fully saturated rings. The van der Waals surface area contributed by atoms with Crippen molar-refractivity contribution < 1.29 is 22.7 Å². The molecule has 1 amide bonds. The maximum Gasteiger partial charge on any atom is 0.309 e. The number of nitrogens with zero attached hydrogens (tertiary/aromatic N) is 3. The van der Waals surface area contributed by atoms with Gasteiger partial charge in [-0.15, -0.1) is 0 Å². The second kappa shape index (κ2) is 9.85. The summed E-state index contributed by atoms with van der Waals surface area (Å²) >= 11 is 0. The largest absolute Gasteiger partial charge is 0.466 e. The Morgan fingerprint density at radius 3 is 2.27 bits per heavy atom. The van der Waals surface area contributed by atoms with E-state index in [2.05, 4.69) is 11.5 Å². The molecule has 33 heavy (non-hydrogen) atoms. The number of sulfonamides is 1. The van der Waals surface area contributed by atoms with Gasteiger partial charge in [-0.1, -0.05) is 0 Å². The van der Waals surface area contributed by atoms with Crippen molar-refractivity contribution in [2.75, 3.05) is 32.8 Å². The van der Waals surface area contributed by atoms with E-state index >= 15 is 0 Å². The number of aromatic nitrogens is 1. The van der Waals surface area contributed by atoms with Crippen LogP contribution in [0.2, 0.25) is 0 Å². The van der Waals surface area contributed by atoms with E-state index in [1.165, 1.54) is 4.31 Å². The highest BCUT2D eigenvalue weighted by molar-refractivity contribution is 7.89. The molecule has 0 aliphatic carbocycles. The molecule has 2 aliphatic rings. The average molecular weight is 476 g/mol. The standard InChI is InChI=1S/C24H33N3O5S/c1-3-25-12-9-20-17-21(5-6-22(20)25)33(30,31)27-15-10-18(11-16-27)23(28)26-13-7-19(8-14-26)24(29)32-4-2/h5-6,9,12,17-19H,3-4,7-8,10-11,13-16H2,1-2H3. The number of hydrogen-bond donors (Lipinski definition) is 0. The third-order valence-electron chi connectivity index (χ3n) is 6.95. The Kier molecular flexibility index (Phi) is 7.09. The van der Waals surface area contributed by atoms with E-state index in [9.17, 15) is 18.0 Å². The number of amides is 1. The van der Waals surface area contributed by atoms with Gasteiger partial charge in [-0.25, -0.2) is 8.42 Å². The van der Waals surface area contributed by atoms with Crippen molar-refractivity contribution in [1.29, 1.82) is 0 Å². The minimum Gasteiger partial charge on any atom is -0.466 e. The van der Waals surface area contributed by atoms with Crippen molar-refractivity contribution in [2.45, 2.75) is 51.0 Å². The van der Waals surface area contributed by atoms with E-state index in [1.807, 2.05) is 23.2 Å². The van der Waals surface area contributed by atoms with E-state index < -0.39 is 10.0 Å². The molecule has 180 valence electrons. The first-order valence-electron chi connectivity index (χ1n) is 11.9.